The number of nitrogens with one attached hydrogen (secondary N) is 1. The predicted octanol–water partition coefficient (Wildman–Crippen LogP) is 3.51. The number of phenolic OH excluding ortho intramolecular Hbond substituents is 1. The van der Waals surface area contributed by atoms with E-state index in [1.807, 2.05) is 5.43 Å². The summed E-state index contributed by atoms with van der Waals surface area (Å²) >= 11 is 0. The Balaban J connectivity index is 2.17. The van der Waals surface area contributed by atoms with Gasteiger partial charge < -0.3 is 10.2 Å². The molecule has 0 radical (unpaired) electrons. The number of aryl methyl sites for hydroxylation is 1. The van der Waals surface area contributed by atoms with Gasteiger partial charge in [0, 0.05) is 5.56 Å². The van der Waals surface area contributed by atoms with E-state index < -0.39 is 35.9 Å². The van der Waals surface area contributed by atoms with Crippen molar-refractivity contribution in [1.82, 2.24) is 5.43 Å². The molecule has 148 valence electrons. The van der Waals surface area contributed by atoms with Crippen molar-refractivity contribution < 1.29 is 37.8 Å². The first-order chi connectivity index (χ1) is 13.0. The van der Waals surface area contributed by atoms with E-state index in [0.717, 1.165) is 25.1 Å². The number of aromatic hydroxyl groups is 1. The van der Waals surface area contributed by atoms with Crippen LogP contribution in [-0.4, -0.2) is 28.0 Å². The number of hydrogen-bond acceptors (Lipinski definition) is 4. The van der Waals surface area contributed by atoms with Gasteiger partial charge in [-0.05, 0) is 42.8 Å². The van der Waals surface area contributed by atoms with Crippen LogP contribution in [0.15, 0.2) is 42.5 Å². The van der Waals surface area contributed by atoms with Crippen molar-refractivity contribution >= 4 is 23.5 Å². The molecule has 0 bridgehead atoms. The third kappa shape index (κ3) is 5.00. The van der Waals surface area contributed by atoms with Crippen LogP contribution in [0.3, 0.4) is 0 Å². The van der Waals surface area contributed by atoms with Crippen molar-refractivity contribution in [2.45, 2.75) is 19.5 Å². The van der Waals surface area contributed by atoms with Gasteiger partial charge in [-0.3, -0.25) is 15.0 Å². The minimum absolute atomic E-state index is 0.0439. The number of benzene rings is 2. The van der Waals surface area contributed by atoms with Crippen molar-refractivity contribution in [2.75, 3.05) is 5.01 Å². The first-order valence-electron chi connectivity index (χ1n) is 7.81. The van der Waals surface area contributed by atoms with Crippen molar-refractivity contribution in [3.63, 3.8) is 0 Å². The number of Topliss-reactive ketones (excluding diaryl/α,β-unsaturated/α-hetero) is 1. The van der Waals surface area contributed by atoms with Crippen LogP contribution in [0.2, 0.25) is 0 Å². The van der Waals surface area contributed by atoms with E-state index in [0.29, 0.717) is 11.1 Å². The third-order valence-electron chi connectivity index (χ3n) is 3.69. The Kier molecular flexibility index (Phi) is 5.92. The number of halogens is 3. The van der Waals surface area contributed by atoms with Gasteiger partial charge >= 0.3 is 12.3 Å². The number of alkyl halides is 3. The fraction of sp³-hybridized carbons (Fsp3) is 0.167. The molecule has 28 heavy (non-hydrogen) atoms. The monoisotopic (exact) mass is 396 g/mol. The summed E-state index contributed by atoms with van der Waals surface area (Å²) in [6.07, 6.45) is -6.99. The minimum Gasteiger partial charge on any atom is -0.508 e. The molecule has 0 aliphatic heterocycles. The Bertz CT molecular complexity index is 928. The fourth-order valence-electron chi connectivity index (χ4n) is 2.42. The summed E-state index contributed by atoms with van der Waals surface area (Å²) < 4.78 is 38.5. The van der Waals surface area contributed by atoms with Crippen LogP contribution in [0, 0.1) is 6.92 Å². The number of anilines is 1. The fourth-order valence-corrected chi connectivity index (χ4v) is 2.42. The molecule has 0 spiro atoms. The quantitative estimate of drug-likeness (QED) is 0.417. The lowest BCUT2D eigenvalue weighted by Gasteiger charge is -2.21. The standard InChI is InChI=1S/C18H15F3N2O5/c1-10-7-12(5-6-14(10)18(19,20)21)23(17(27)28)22-16(26)9-15(25)11-3-2-4-13(24)8-11/h2-8,24H,9H2,1H3,(H,22,26)(H,27,28). The largest absolute Gasteiger partial charge is 0.508 e. The number of phenols is 1. The predicted molar refractivity (Wildman–Crippen MR) is 91.9 cm³/mol. The summed E-state index contributed by atoms with van der Waals surface area (Å²) in [5.41, 5.74) is 0.609. The molecule has 0 aromatic heterocycles. The molecular formula is C18H15F3N2O5. The molecule has 0 saturated heterocycles. The zero-order valence-electron chi connectivity index (χ0n) is 14.4. The Morgan fingerprint density at radius 2 is 1.79 bits per heavy atom. The van der Waals surface area contributed by atoms with E-state index in [-0.39, 0.29) is 22.6 Å². The number of hydrazine groups is 1. The Morgan fingerprint density at radius 1 is 1.11 bits per heavy atom. The molecule has 2 aromatic carbocycles. The van der Waals surface area contributed by atoms with Gasteiger partial charge in [0.2, 0.25) is 5.91 Å². The van der Waals surface area contributed by atoms with Crippen LogP contribution in [0.25, 0.3) is 0 Å². The number of carboxylic acid groups (broad SMARTS) is 1. The van der Waals surface area contributed by atoms with Crippen molar-refractivity contribution in [2.24, 2.45) is 0 Å². The highest BCUT2D eigenvalue weighted by atomic mass is 19.4. The molecule has 7 nitrogen and oxygen atoms in total. The maximum atomic E-state index is 12.8. The summed E-state index contributed by atoms with van der Waals surface area (Å²) in [6.45, 7) is 1.15. The summed E-state index contributed by atoms with van der Waals surface area (Å²) in [6, 6.07) is 7.78. The van der Waals surface area contributed by atoms with E-state index in [2.05, 4.69) is 0 Å². The number of rotatable bonds is 4. The van der Waals surface area contributed by atoms with Gasteiger partial charge in [0.05, 0.1) is 17.7 Å². The van der Waals surface area contributed by atoms with E-state index in [1.165, 1.54) is 18.2 Å². The molecule has 0 aliphatic rings. The van der Waals surface area contributed by atoms with Gasteiger partial charge in [-0.2, -0.15) is 18.2 Å². The van der Waals surface area contributed by atoms with Crippen LogP contribution < -0.4 is 10.4 Å². The van der Waals surface area contributed by atoms with Crippen LogP contribution in [0.1, 0.15) is 27.9 Å². The van der Waals surface area contributed by atoms with Crippen molar-refractivity contribution in [3.05, 3.63) is 59.2 Å². The maximum absolute atomic E-state index is 12.8. The number of carbonyl (C=O) groups is 3. The van der Waals surface area contributed by atoms with Gasteiger partial charge in [-0.15, -0.1) is 0 Å². The van der Waals surface area contributed by atoms with Crippen LogP contribution in [0.4, 0.5) is 23.7 Å². The number of amides is 2. The van der Waals surface area contributed by atoms with Crippen LogP contribution >= 0.6 is 0 Å². The molecule has 2 aromatic rings. The zero-order valence-corrected chi connectivity index (χ0v) is 14.4. The first-order valence-corrected chi connectivity index (χ1v) is 7.81. The minimum atomic E-state index is -4.60. The molecule has 0 fully saturated rings. The summed E-state index contributed by atoms with van der Waals surface area (Å²) in [5, 5.41) is 18.9. The molecule has 0 aliphatic carbocycles. The molecule has 0 saturated carbocycles. The van der Waals surface area contributed by atoms with Crippen LogP contribution in [-0.2, 0) is 11.0 Å². The molecule has 0 unspecified atom stereocenters. The van der Waals surface area contributed by atoms with Gasteiger partial charge in [-0.25, -0.2) is 4.79 Å². The Labute approximate surface area is 157 Å². The summed E-state index contributed by atoms with van der Waals surface area (Å²) in [5.74, 6) is -1.85. The normalized spacial score (nSPS) is 11.0. The molecule has 2 rings (SSSR count). The number of carbonyl (C=O) groups excluding carboxylic acids is 2. The molecule has 0 heterocycles. The highest BCUT2D eigenvalue weighted by molar-refractivity contribution is 6.08. The smallest absolute Gasteiger partial charge is 0.431 e. The van der Waals surface area contributed by atoms with Crippen molar-refractivity contribution in [1.29, 1.82) is 0 Å². The second-order valence-electron chi connectivity index (χ2n) is 5.80. The van der Waals surface area contributed by atoms with Gasteiger partial charge in [0.15, 0.2) is 5.78 Å². The van der Waals surface area contributed by atoms with E-state index in [1.54, 1.807) is 0 Å². The lowest BCUT2D eigenvalue weighted by Crippen LogP contribution is -2.46. The topological polar surface area (TPSA) is 107 Å². The molecular weight excluding hydrogens is 381 g/mol. The number of ketones is 1. The van der Waals surface area contributed by atoms with E-state index >= 15 is 0 Å². The van der Waals surface area contributed by atoms with Crippen LogP contribution in [0.5, 0.6) is 5.75 Å². The second kappa shape index (κ2) is 7.99. The molecule has 2 amide bonds. The lowest BCUT2D eigenvalue weighted by atomic mass is 10.1. The third-order valence-corrected chi connectivity index (χ3v) is 3.69. The average molecular weight is 396 g/mol. The zero-order chi connectivity index (χ0) is 21.1. The summed E-state index contributed by atoms with van der Waals surface area (Å²) in [4.78, 5) is 35.5. The Morgan fingerprint density at radius 3 is 2.32 bits per heavy atom. The molecule has 3 N–H and O–H groups in total. The molecule has 0 atom stereocenters. The highest BCUT2D eigenvalue weighted by Gasteiger charge is 2.33. The lowest BCUT2D eigenvalue weighted by molar-refractivity contribution is -0.138. The number of hydrogen-bond donors (Lipinski definition) is 3. The highest BCUT2D eigenvalue weighted by Crippen LogP contribution is 2.33. The van der Waals surface area contributed by atoms with Gasteiger partial charge in [0.1, 0.15) is 5.75 Å². The van der Waals surface area contributed by atoms with Crippen molar-refractivity contribution in [3.8, 4) is 5.75 Å². The second-order valence-corrected chi connectivity index (χ2v) is 5.80. The molecule has 10 heteroatoms. The maximum Gasteiger partial charge on any atom is 0.431 e. The number of nitrogens with zero attached hydrogens (tertiary/aromatic N) is 1. The van der Waals surface area contributed by atoms with Gasteiger partial charge in [-0.1, -0.05) is 12.1 Å². The average Bonchev–Trinajstić information content (AvgIpc) is 2.58. The summed E-state index contributed by atoms with van der Waals surface area (Å²) in [7, 11) is 0. The Hall–Kier alpha value is -3.56. The van der Waals surface area contributed by atoms with E-state index in [4.69, 9.17) is 0 Å². The SMILES string of the molecule is Cc1cc(N(NC(=O)CC(=O)c2cccc(O)c2)C(=O)O)ccc1C(F)(F)F. The van der Waals surface area contributed by atoms with E-state index in [9.17, 15) is 37.8 Å². The first kappa shape index (κ1) is 20.7. The van der Waals surface area contributed by atoms with Gasteiger partial charge in [0.25, 0.3) is 0 Å².